The van der Waals surface area contributed by atoms with Crippen LogP contribution < -0.4 is 11.5 Å². The summed E-state index contributed by atoms with van der Waals surface area (Å²) in [6.45, 7) is 2.65. The lowest BCUT2D eigenvalue weighted by atomic mass is 10.8. The predicted octanol–water partition coefficient (Wildman–Crippen LogP) is -0.933. The molecule has 0 aliphatic rings. The van der Waals surface area contributed by atoms with Gasteiger partial charge in [0.05, 0.1) is 0 Å². The van der Waals surface area contributed by atoms with Crippen LogP contribution in [0.3, 0.4) is 0 Å². The molecule has 0 aliphatic carbocycles. The van der Waals surface area contributed by atoms with E-state index in [1.165, 1.54) is 0 Å². The molecule has 0 saturated heterocycles. The lowest BCUT2D eigenvalue weighted by Crippen LogP contribution is -1.87. The van der Waals surface area contributed by atoms with E-state index in [9.17, 15) is 0 Å². The van der Waals surface area contributed by atoms with Crippen LogP contribution in [0.1, 0.15) is 6.92 Å². The molecule has 0 aromatic heterocycles. The molecule has 4 N–H and O–H groups in total. The lowest BCUT2D eigenvalue weighted by Gasteiger charge is -1.53. The van der Waals surface area contributed by atoms with Crippen molar-refractivity contribution in [3.63, 3.8) is 0 Å². The van der Waals surface area contributed by atoms with Crippen molar-refractivity contribution in [3.05, 3.63) is 0 Å². The van der Waals surface area contributed by atoms with E-state index < -0.39 is 0 Å². The van der Waals surface area contributed by atoms with Gasteiger partial charge in [0.25, 0.3) is 0 Å². The third-order valence-corrected chi connectivity index (χ3v) is 0. The van der Waals surface area contributed by atoms with Gasteiger partial charge < -0.3 is 11.5 Å². The minimum Gasteiger partial charge on any atom is -0.372 e. The van der Waals surface area contributed by atoms with E-state index in [4.69, 9.17) is 10.5 Å². The molecule has 38 valence electrons. The van der Waals surface area contributed by atoms with E-state index >= 15 is 0 Å². The van der Waals surface area contributed by atoms with Gasteiger partial charge in [-0.05, 0) is 6.54 Å². The van der Waals surface area contributed by atoms with Gasteiger partial charge in [-0.25, -0.2) is 0 Å². The molecule has 0 aromatic rings. The number of carbonyl (C=O) groups excluding carboxylic acids is 1. The zero-order chi connectivity index (χ0) is 5.41. The van der Waals surface area contributed by atoms with Gasteiger partial charge in [0.2, 0.25) is 6.41 Å². The van der Waals surface area contributed by atoms with Crippen LogP contribution in [0.25, 0.3) is 0 Å². The fourth-order valence-corrected chi connectivity index (χ4v) is 0. The molecule has 0 aromatic carbocycles. The molecule has 0 radical (unpaired) electrons. The quantitative estimate of drug-likeness (QED) is 0.377. The topological polar surface area (TPSA) is 69.1 Å². The van der Waals surface area contributed by atoms with E-state index in [1.807, 2.05) is 6.92 Å². The fraction of sp³-hybridized carbons (Fsp3) is 0.667. The predicted molar refractivity (Wildman–Crippen MR) is 25.0 cm³/mol. The molecule has 0 rings (SSSR count). The van der Waals surface area contributed by atoms with Crippen LogP contribution in [-0.4, -0.2) is 13.0 Å². The highest BCUT2D eigenvalue weighted by Crippen LogP contribution is 1.20. The van der Waals surface area contributed by atoms with Gasteiger partial charge in [0.15, 0.2) is 0 Å². The Labute approximate surface area is 37.3 Å². The Morgan fingerprint density at radius 2 is 1.83 bits per heavy atom. The summed E-state index contributed by atoms with van der Waals surface area (Å²) in [5, 5.41) is 0. The van der Waals surface area contributed by atoms with Crippen LogP contribution in [0.15, 0.2) is 0 Å². The van der Waals surface area contributed by atoms with Gasteiger partial charge >= 0.3 is 0 Å². The van der Waals surface area contributed by atoms with Crippen molar-refractivity contribution in [2.45, 2.75) is 6.92 Å². The second kappa shape index (κ2) is 25.5. The lowest BCUT2D eigenvalue weighted by molar-refractivity contribution is -0.106. The Morgan fingerprint density at radius 1 is 1.83 bits per heavy atom. The molecule has 3 nitrogen and oxygen atoms in total. The molecule has 0 unspecified atom stereocenters. The van der Waals surface area contributed by atoms with Crippen molar-refractivity contribution in [1.82, 2.24) is 0 Å². The largest absolute Gasteiger partial charge is 0.372 e. The fourth-order valence-electron chi connectivity index (χ4n) is 0. The van der Waals surface area contributed by atoms with Crippen molar-refractivity contribution in [1.29, 1.82) is 0 Å². The van der Waals surface area contributed by atoms with E-state index in [0.29, 0.717) is 0 Å². The Bertz CT molecular complexity index is 22.8. The molecule has 1 amide bonds. The van der Waals surface area contributed by atoms with Gasteiger partial charge in [-0.1, -0.05) is 6.92 Å². The van der Waals surface area contributed by atoms with Crippen LogP contribution in [0.4, 0.5) is 0 Å². The molecule has 0 aliphatic heterocycles. The van der Waals surface area contributed by atoms with E-state index in [2.05, 4.69) is 5.73 Å². The highest BCUT2D eigenvalue weighted by molar-refractivity contribution is 5.42. The van der Waals surface area contributed by atoms with Crippen molar-refractivity contribution in [2.75, 3.05) is 6.54 Å². The standard InChI is InChI=1S/C2H7N.CH3NO/c1-2-3;2-1-3/h2-3H2,1H3;1H,(H2,2,3). The SMILES string of the molecule is CCN.NC=O. The summed E-state index contributed by atoms with van der Waals surface area (Å²) in [5.74, 6) is 0. The van der Waals surface area contributed by atoms with Gasteiger partial charge in [-0.15, -0.1) is 0 Å². The average Bonchev–Trinajstić information content (AvgIpc) is 1.39. The molecule has 0 atom stereocenters. The van der Waals surface area contributed by atoms with Gasteiger partial charge in [-0.3, -0.25) is 4.79 Å². The van der Waals surface area contributed by atoms with Crippen LogP contribution in [-0.2, 0) is 4.79 Å². The highest BCUT2D eigenvalue weighted by Gasteiger charge is 1.32. The van der Waals surface area contributed by atoms with Gasteiger partial charge in [0, 0.05) is 0 Å². The number of hydrogen-bond donors (Lipinski definition) is 2. The molecule has 0 bridgehead atoms. The highest BCUT2D eigenvalue weighted by atomic mass is 16.1. The number of amides is 1. The summed E-state index contributed by atoms with van der Waals surface area (Å²) in [6.07, 6.45) is 0.250. The number of carbonyl (C=O) groups is 1. The Hall–Kier alpha value is -0.570. The minimum atomic E-state index is 0.250. The van der Waals surface area contributed by atoms with Crippen molar-refractivity contribution in [3.8, 4) is 0 Å². The summed E-state index contributed by atoms with van der Waals surface area (Å²) in [5.41, 5.74) is 9.01. The van der Waals surface area contributed by atoms with Crippen LogP contribution in [0.2, 0.25) is 0 Å². The molecular weight excluding hydrogens is 80.0 g/mol. The minimum absolute atomic E-state index is 0.250. The normalized spacial score (nSPS) is 5.00. The first-order valence-corrected chi connectivity index (χ1v) is 1.68. The van der Waals surface area contributed by atoms with Crippen molar-refractivity contribution >= 4 is 6.41 Å². The maximum Gasteiger partial charge on any atom is 0.204 e. The molecule has 0 saturated carbocycles. The molecule has 0 spiro atoms. The third-order valence-electron chi connectivity index (χ3n) is 0. The summed E-state index contributed by atoms with van der Waals surface area (Å²) < 4.78 is 0. The van der Waals surface area contributed by atoms with Gasteiger partial charge in [0.1, 0.15) is 0 Å². The Balaban J connectivity index is 0. The molecule has 3 heteroatoms. The summed E-state index contributed by atoms with van der Waals surface area (Å²) >= 11 is 0. The molecule has 6 heavy (non-hydrogen) atoms. The third kappa shape index (κ3) is 62.3. The first kappa shape index (κ1) is 9.06. The summed E-state index contributed by atoms with van der Waals surface area (Å²) in [4.78, 5) is 8.58. The van der Waals surface area contributed by atoms with Crippen molar-refractivity contribution in [2.24, 2.45) is 11.5 Å². The molecule has 0 fully saturated rings. The smallest absolute Gasteiger partial charge is 0.204 e. The summed E-state index contributed by atoms with van der Waals surface area (Å²) in [6, 6.07) is 0. The first-order chi connectivity index (χ1) is 2.83. The van der Waals surface area contributed by atoms with E-state index in [1.54, 1.807) is 0 Å². The number of primary amides is 1. The van der Waals surface area contributed by atoms with Crippen LogP contribution >= 0.6 is 0 Å². The monoisotopic (exact) mass is 90.1 g/mol. The average molecular weight is 90.1 g/mol. The maximum absolute atomic E-state index is 8.58. The first-order valence-electron chi connectivity index (χ1n) is 1.68. The Morgan fingerprint density at radius 3 is 1.83 bits per heavy atom. The number of nitrogens with two attached hydrogens (primary N) is 2. The van der Waals surface area contributed by atoms with Crippen LogP contribution in [0, 0.1) is 0 Å². The van der Waals surface area contributed by atoms with E-state index in [0.717, 1.165) is 6.54 Å². The number of hydrogen-bond acceptors (Lipinski definition) is 2. The maximum atomic E-state index is 8.58. The zero-order valence-corrected chi connectivity index (χ0v) is 3.85. The second-order valence-electron chi connectivity index (χ2n) is 0.544. The Kier molecular flexibility index (Phi) is 38.5. The summed E-state index contributed by atoms with van der Waals surface area (Å²) in [7, 11) is 0. The zero-order valence-electron chi connectivity index (χ0n) is 3.85. The van der Waals surface area contributed by atoms with Crippen molar-refractivity contribution < 1.29 is 4.79 Å². The van der Waals surface area contributed by atoms with Gasteiger partial charge in [-0.2, -0.15) is 0 Å². The van der Waals surface area contributed by atoms with Crippen LogP contribution in [0.5, 0.6) is 0 Å². The van der Waals surface area contributed by atoms with E-state index in [-0.39, 0.29) is 6.41 Å². The number of rotatable bonds is 0. The molecule has 0 heterocycles. The second-order valence-corrected chi connectivity index (χ2v) is 0.544. The molecular formula is C3H10N2O.